The molecule has 1 atom stereocenters. The maximum Gasteiger partial charge on any atom is 0.223 e. The lowest BCUT2D eigenvalue weighted by Crippen LogP contribution is -2.10. The number of hydrogen-bond acceptors (Lipinski definition) is 4. The van der Waals surface area contributed by atoms with Crippen LogP contribution in [0, 0.1) is 0 Å². The van der Waals surface area contributed by atoms with E-state index in [9.17, 15) is 4.79 Å². The van der Waals surface area contributed by atoms with Crippen LogP contribution in [-0.2, 0) is 6.42 Å². The lowest BCUT2D eigenvalue weighted by molar-refractivity contribution is 0.101. The molecule has 0 amide bonds. The second-order valence-electron chi connectivity index (χ2n) is 4.79. The first-order valence-corrected chi connectivity index (χ1v) is 6.41. The van der Waals surface area contributed by atoms with Crippen molar-refractivity contribution in [3.05, 3.63) is 53.3 Å². The lowest BCUT2D eigenvalue weighted by Gasteiger charge is -2.13. The van der Waals surface area contributed by atoms with Crippen molar-refractivity contribution in [2.45, 2.75) is 25.8 Å². The fourth-order valence-corrected chi connectivity index (χ4v) is 2.45. The number of nitrogens with one attached hydrogen (secondary N) is 1. The second-order valence-corrected chi connectivity index (χ2v) is 4.79. The number of carbonyl (C=O) groups excluding carboxylic acids is 1. The molecule has 0 aliphatic heterocycles. The highest BCUT2D eigenvalue weighted by Gasteiger charge is 2.22. The Morgan fingerprint density at radius 3 is 2.74 bits per heavy atom. The molecule has 0 saturated carbocycles. The van der Waals surface area contributed by atoms with E-state index in [4.69, 9.17) is 0 Å². The molecule has 4 heteroatoms. The predicted molar refractivity (Wildman–Crippen MR) is 73.2 cm³/mol. The Kier molecular flexibility index (Phi) is 2.99. The summed E-state index contributed by atoms with van der Waals surface area (Å²) in [4.78, 5) is 19.6. The Morgan fingerprint density at radius 1 is 1.26 bits per heavy atom. The van der Waals surface area contributed by atoms with Crippen molar-refractivity contribution in [1.82, 2.24) is 9.97 Å². The third kappa shape index (κ3) is 2.34. The number of hydrogen-bond donors (Lipinski definition) is 1. The van der Waals surface area contributed by atoms with Crippen molar-refractivity contribution >= 4 is 11.7 Å². The zero-order valence-corrected chi connectivity index (χ0v) is 10.8. The summed E-state index contributed by atoms with van der Waals surface area (Å²) in [5.74, 6) is 0.560. The highest BCUT2D eigenvalue weighted by Crippen LogP contribution is 2.32. The number of Topliss-reactive ketones (excluding diaryl/α,β-unsaturated/α-hetero) is 1. The first-order valence-electron chi connectivity index (χ1n) is 6.41. The van der Waals surface area contributed by atoms with Gasteiger partial charge in [-0.05, 0) is 30.9 Å². The molecule has 4 nitrogen and oxygen atoms in total. The summed E-state index contributed by atoms with van der Waals surface area (Å²) in [6.07, 6.45) is 5.27. The molecule has 0 radical (unpaired) electrons. The van der Waals surface area contributed by atoms with E-state index in [0.717, 1.165) is 12.8 Å². The van der Waals surface area contributed by atoms with Gasteiger partial charge >= 0.3 is 0 Å². The topological polar surface area (TPSA) is 54.9 Å². The fourth-order valence-electron chi connectivity index (χ4n) is 2.45. The first kappa shape index (κ1) is 11.8. The number of benzene rings is 1. The Morgan fingerprint density at radius 2 is 2.00 bits per heavy atom. The van der Waals surface area contributed by atoms with Crippen LogP contribution in [0.2, 0.25) is 0 Å². The molecule has 1 aliphatic rings. The number of nitrogens with zero attached hydrogens (tertiary/aromatic N) is 2. The van der Waals surface area contributed by atoms with Crippen molar-refractivity contribution in [3.8, 4) is 0 Å². The Balaban J connectivity index is 1.78. The molecule has 1 aliphatic carbocycles. The molecular weight excluding hydrogens is 238 g/mol. The minimum atomic E-state index is -0.0160. The third-order valence-electron chi connectivity index (χ3n) is 3.49. The largest absolute Gasteiger partial charge is 0.347 e. The van der Waals surface area contributed by atoms with E-state index < -0.39 is 0 Å². The van der Waals surface area contributed by atoms with Crippen molar-refractivity contribution in [3.63, 3.8) is 0 Å². The van der Waals surface area contributed by atoms with Gasteiger partial charge in [0, 0.05) is 12.4 Å². The van der Waals surface area contributed by atoms with Crippen LogP contribution in [0.1, 0.15) is 40.9 Å². The molecule has 1 aromatic carbocycles. The zero-order chi connectivity index (χ0) is 13.2. The molecule has 0 bridgehead atoms. The first-order chi connectivity index (χ1) is 9.24. The Hall–Kier alpha value is -2.23. The molecule has 0 unspecified atom stereocenters. The van der Waals surface area contributed by atoms with Crippen LogP contribution in [0.5, 0.6) is 0 Å². The normalized spacial score (nSPS) is 17.0. The van der Waals surface area contributed by atoms with Crippen LogP contribution >= 0.6 is 0 Å². The molecule has 0 saturated heterocycles. The van der Waals surface area contributed by atoms with Gasteiger partial charge in [0.2, 0.25) is 5.95 Å². The van der Waals surface area contributed by atoms with Crippen molar-refractivity contribution in [2.24, 2.45) is 0 Å². The summed E-state index contributed by atoms with van der Waals surface area (Å²) in [6.45, 7) is 1.51. The van der Waals surface area contributed by atoms with Gasteiger partial charge in [0.15, 0.2) is 5.78 Å². The van der Waals surface area contributed by atoms with E-state index in [-0.39, 0.29) is 11.8 Å². The van der Waals surface area contributed by atoms with Crippen LogP contribution in [0.3, 0.4) is 0 Å². The van der Waals surface area contributed by atoms with E-state index in [2.05, 4.69) is 39.6 Å². The van der Waals surface area contributed by atoms with E-state index in [1.165, 1.54) is 18.1 Å². The van der Waals surface area contributed by atoms with Crippen LogP contribution < -0.4 is 5.32 Å². The quantitative estimate of drug-likeness (QED) is 0.854. The van der Waals surface area contributed by atoms with Crippen molar-refractivity contribution < 1.29 is 4.79 Å². The number of carbonyl (C=O) groups is 1. The highest BCUT2D eigenvalue weighted by molar-refractivity contribution is 5.93. The maximum atomic E-state index is 11.2. The summed E-state index contributed by atoms with van der Waals surface area (Å²) in [6, 6.07) is 8.69. The van der Waals surface area contributed by atoms with Gasteiger partial charge in [-0.25, -0.2) is 9.97 Å². The highest BCUT2D eigenvalue weighted by atomic mass is 16.1. The number of rotatable bonds is 3. The van der Waals surface area contributed by atoms with Crippen LogP contribution in [0.4, 0.5) is 5.95 Å². The van der Waals surface area contributed by atoms with Gasteiger partial charge in [0.05, 0.1) is 11.6 Å². The van der Waals surface area contributed by atoms with Crippen LogP contribution in [0.15, 0.2) is 36.7 Å². The number of aryl methyl sites for hydroxylation is 1. The second kappa shape index (κ2) is 4.80. The zero-order valence-electron chi connectivity index (χ0n) is 10.8. The minimum absolute atomic E-state index is 0.0160. The number of fused-ring (bicyclic) bond motifs is 1. The summed E-state index contributed by atoms with van der Waals surface area (Å²) in [5, 5.41) is 3.33. The van der Waals surface area contributed by atoms with Crippen molar-refractivity contribution in [2.75, 3.05) is 5.32 Å². The summed E-state index contributed by atoms with van der Waals surface area (Å²) in [7, 11) is 0. The van der Waals surface area contributed by atoms with E-state index in [1.54, 1.807) is 12.4 Å². The summed E-state index contributed by atoms with van der Waals surface area (Å²) >= 11 is 0. The molecular formula is C15H15N3O. The van der Waals surface area contributed by atoms with Crippen molar-refractivity contribution in [1.29, 1.82) is 0 Å². The number of ketones is 1. The molecule has 0 fully saturated rings. The monoisotopic (exact) mass is 253 g/mol. The minimum Gasteiger partial charge on any atom is -0.347 e. The molecule has 19 heavy (non-hydrogen) atoms. The van der Waals surface area contributed by atoms with Crippen LogP contribution in [0.25, 0.3) is 0 Å². The number of anilines is 1. The maximum absolute atomic E-state index is 11.2. The van der Waals surface area contributed by atoms with E-state index >= 15 is 0 Å². The molecule has 3 rings (SSSR count). The van der Waals surface area contributed by atoms with Crippen LogP contribution in [-0.4, -0.2) is 15.8 Å². The fraction of sp³-hybridized carbons (Fsp3) is 0.267. The van der Waals surface area contributed by atoms with Gasteiger partial charge < -0.3 is 5.32 Å². The predicted octanol–water partition coefficient (Wildman–Crippen LogP) is 2.78. The van der Waals surface area contributed by atoms with E-state index in [0.29, 0.717) is 11.5 Å². The van der Waals surface area contributed by atoms with Gasteiger partial charge in [-0.3, -0.25) is 4.79 Å². The standard InChI is InChI=1S/C15H15N3O/c1-10(19)12-8-16-15(17-9-12)18-14-7-6-11-4-2-3-5-13(11)14/h2-5,8-9,14H,6-7H2,1H3,(H,16,17,18)/t14-/m1/s1. The Labute approximate surface area is 111 Å². The van der Waals surface area contributed by atoms with Gasteiger partial charge in [0.25, 0.3) is 0 Å². The average molecular weight is 253 g/mol. The van der Waals surface area contributed by atoms with Gasteiger partial charge in [-0.15, -0.1) is 0 Å². The third-order valence-corrected chi connectivity index (χ3v) is 3.49. The average Bonchev–Trinajstić information content (AvgIpc) is 2.83. The molecule has 1 aromatic heterocycles. The molecule has 0 spiro atoms. The molecule has 96 valence electrons. The van der Waals surface area contributed by atoms with Gasteiger partial charge in [-0.1, -0.05) is 24.3 Å². The smallest absolute Gasteiger partial charge is 0.223 e. The Bertz CT molecular complexity index is 607. The summed E-state index contributed by atoms with van der Waals surface area (Å²) in [5.41, 5.74) is 3.25. The SMILES string of the molecule is CC(=O)c1cnc(N[C@@H]2CCc3ccccc32)nc1. The molecule has 1 heterocycles. The lowest BCUT2D eigenvalue weighted by atomic mass is 10.1. The van der Waals surface area contributed by atoms with Gasteiger partial charge in [0.1, 0.15) is 0 Å². The molecule has 2 aromatic rings. The van der Waals surface area contributed by atoms with E-state index in [1.807, 2.05) is 0 Å². The summed E-state index contributed by atoms with van der Waals surface area (Å²) < 4.78 is 0. The number of aromatic nitrogens is 2. The molecule has 1 N–H and O–H groups in total. The van der Waals surface area contributed by atoms with Gasteiger partial charge in [-0.2, -0.15) is 0 Å².